The van der Waals surface area contributed by atoms with Gasteiger partial charge in [-0.3, -0.25) is 9.20 Å². The molecule has 0 spiro atoms. The quantitative estimate of drug-likeness (QED) is 0.812. The Morgan fingerprint density at radius 2 is 2.38 bits per heavy atom. The van der Waals surface area contributed by atoms with Crippen LogP contribution in [0.15, 0.2) is 16.7 Å². The number of pyridine rings is 1. The predicted molar refractivity (Wildman–Crippen MR) is 63.7 cm³/mol. The zero-order valence-corrected chi connectivity index (χ0v) is 10.6. The van der Waals surface area contributed by atoms with Gasteiger partial charge < -0.3 is 4.74 Å². The molecule has 0 radical (unpaired) electrons. The second kappa shape index (κ2) is 4.35. The summed E-state index contributed by atoms with van der Waals surface area (Å²) >= 11 is 3.43. The van der Waals surface area contributed by atoms with Crippen LogP contribution in [0.1, 0.15) is 21.7 Å². The lowest BCUT2D eigenvalue weighted by atomic mass is 10.3. The molecular formula is C11H11BrN2O2. The normalized spacial score (nSPS) is 10.9. The van der Waals surface area contributed by atoms with Crippen LogP contribution in [0.25, 0.3) is 5.65 Å². The van der Waals surface area contributed by atoms with Crippen LogP contribution in [-0.4, -0.2) is 22.8 Å². The summed E-state index contributed by atoms with van der Waals surface area (Å²) < 4.78 is 7.72. The molecule has 0 N–H and O–H groups in total. The smallest absolute Gasteiger partial charge is 0.168 e. The number of aromatic nitrogens is 2. The van der Waals surface area contributed by atoms with Gasteiger partial charge >= 0.3 is 0 Å². The van der Waals surface area contributed by atoms with Gasteiger partial charge in [-0.2, -0.15) is 0 Å². The minimum atomic E-state index is 0.340. The first kappa shape index (κ1) is 11.3. The Morgan fingerprint density at radius 3 is 3.00 bits per heavy atom. The molecule has 2 aromatic rings. The van der Waals surface area contributed by atoms with Crippen LogP contribution in [0, 0.1) is 6.92 Å². The molecule has 5 heteroatoms. The zero-order valence-electron chi connectivity index (χ0n) is 9.03. The summed E-state index contributed by atoms with van der Waals surface area (Å²) in [5.41, 5.74) is 3.04. The number of methoxy groups -OCH3 is 1. The van der Waals surface area contributed by atoms with E-state index in [1.54, 1.807) is 11.5 Å². The van der Waals surface area contributed by atoms with Crippen molar-refractivity contribution in [1.82, 2.24) is 9.38 Å². The minimum absolute atomic E-state index is 0.340. The highest BCUT2D eigenvalue weighted by atomic mass is 79.9. The van der Waals surface area contributed by atoms with E-state index in [1.165, 1.54) is 0 Å². The summed E-state index contributed by atoms with van der Waals surface area (Å²) in [5.74, 6) is 0. The van der Waals surface area contributed by atoms with Gasteiger partial charge in [0, 0.05) is 17.8 Å². The molecule has 0 aliphatic heterocycles. The molecule has 2 rings (SSSR count). The van der Waals surface area contributed by atoms with Gasteiger partial charge in [-0.25, -0.2) is 4.98 Å². The molecule has 4 nitrogen and oxygen atoms in total. The third-order valence-electron chi connectivity index (χ3n) is 2.41. The molecule has 0 aliphatic carbocycles. The third kappa shape index (κ3) is 1.76. The molecule has 2 aromatic heterocycles. The molecule has 84 valence electrons. The number of rotatable bonds is 3. The van der Waals surface area contributed by atoms with Gasteiger partial charge in [0.05, 0.1) is 12.3 Å². The lowest BCUT2D eigenvalue weighted by Gasteiger charge is -2.00. The van der Waals surface area contributed by atoms with E-state index in [2.05, 4.69) is 20.9 Å². The van der Waals surface area contributed by atoms with Crippen LogP contribution in [0.3, 0.4) is 0 Å². The van der Waals surface area contributed by atoms with Gasteiger partial charge in [0.15, 0.2) is 6.29 Å². The molecule has 0 saturated heterocycles. The largest absolute Gasteiger partial charge is 0.378 e. The highest BCUT2D eigenvalue weighted by Crippen LogP contribution is 2.20. The molecule has 0 bridgehead atoms. The number of carbonyl (C=O) groups is 1. The van der Waals surface area contributed by atoms with Crippen molar-refractivity contribution in [2.75, 3.05) is 7.11 Å². The van der Waals surface area contributed by atoms with Crippen molar-refractivity contribution in [1.29, 1.82) is 0 Å². The fourth-order valence-corrected chi connectivity index (χ4v) is 1.91. The second-order valence-corrected chi connectivity index (χ2v) is 4.38. The zero-order chi connectivity index (χ0) is 11.7. The van der Waals surface area contributed by atoms with Crippen molar-refractivity contribution in [3.05, 3.63) is 33.7 Å². The number of nitrogens with zero attached hydrogens (tertiary/aromatic N) is 2. The van der Waals surface area contributed by atoms with E-state index in [0.717, 1.165) is 22.0 Å². The Hall–Kier alpha value is -1.20. The van der Waals surface area contributed by atoms with E-state index < -0.39 is 0 Å². The van der Waals surface area contributed by atoms with E-state index in [1.807, 2.05) is 19.2 Å². The van der Waals surface area contributed by atoms with Crippen molar-refractivity contribution in [3.63, 3.8) is 0 Å². The number of aryl methyl sites for hydroxylation is 1. The first-order valence-electron chi connectivity index (χ1n) is 4.78. The predicted octanol–water partition coefficient (Wildman–Crippen LogP) is 2.36. The number of halogens is 1. The van der Waals surface area contributed by atoms with Gasteiger partial charge in [0.2, 0.25) is 0 Å². The Bertz CT molecular complexity index is 548. The molecular weight excluding hydrogens is 272 g/mol. The van der Waals surface area contributed by atoms with Crippen LogP contribution in [0.4, 0.5) is 0 Å². The summed E-state index contributed by atoms with van der Waals surface area (Å²) in [4.78, 5) is 15.4. The van der Waals surface area contributed by atoms with Gasteiger partial charge in [0.1, 0.15) is 11.3 Å². The van der Waals surface area contributed by atoms with Crippen molar-refractivity contribution in [2.24, 2.45) is 0 Å². The Morgan fingerprint density at radius 1 is 1.62 bits per heavy atom. The molecule has 0 unspecified atom stereocenters. The van der Waals surface area contributed by atoms with Crippen LogP contribution in [0.5, 0.6) is 0 Å². The van der Waals surface area contributed by atoms with E-state index in [9.17, 15) is 4.79 Å². The highest BCUT2D eigenvalue weighted by molar-refractivity contribution is 9.10. The topological polar surface area (TPSA) is 43.6 Å². The number of fused-ring (bicyclic) bond motifs is 1. The Kier molecular flexibility index (Phi) is 3.07. The van der Waals surface area contributed by atoms with Crippen LogP contribution in [0.2, 0.25) is 0 Å². The van der Waals surface area contributed by atoms with E-state index in [-0.39, 0.29) is 0 Å². The van der Waals surface area contributed by atoms with Gasteiger partial charge in [0.25, 0.3) is 0 Å². The number of imidazole rings is 1. The molecule has 0 amide bonds. The van der Waals surface area contributed by atoms with E-state index in [4.69, 9.17) is 4.74 Å². The third-order valence-corrected chi connectivity index (χ3v) is 3.24. The van der Waals surface area contributed by atoms with E-state index in [0.29, 0.717) is 18.0 Å². The maximum atomic E-state index is 11.0. The van der Waals surface area contributed by atoms with Gasteiger partial charge in [-0.05, 0) is 34.5 Å². The first-order valence-corrected chi connectivity index (χ1v) is 5.58. The molecule has 0 fully saturated rings. The molecule has 0 aliphatic rings. The van der Waals surface area contributed by atoms with E-state index >= 15 is 0 Å². The van der Waals surface area contributed by atoms with Crippen molar-refractivity contribution in [2.45, 2.75) is 13.5 Å². The fraction of sp³-hybridized carbons (Fsp3) is 0.273. The maximum Gasteiger partial charge on any atom is 0.168 e. The average Bonchev–Trinajstić information content (AvgIpc) is 2.56. The summed E-state index contributed by atoms with van der Waals surface area (Å²) in [6.45, 7) is 2.32. The summed E-state index contributed by atoms with van der Waals surface area (Å²) in [5, 5.41) is 0. The SMILES string of the molecule is COCc1nc2cc(C)c(Br)cn2c1C=O. The Labute approximate surface area is 101 Å². The summed E-state index contributed by atoms with van der Waals surface area (Å²) in [6.07, 6.45) is 2.65. The van der Waals surface area contributed by atoms with Crippen molar-refractivity contribution >= 4 is 27.9 Å². The molecule has 0 aromatic carbocycles. The lowest BCUT2D eigenvalue weighted by Crippen LogP contribution is -1.96. The number of ether oxygens (including phenoxy) is 1. The maximum absolute atomic E-state index is 11.0. The monoisotopic (exact) mass is 282 g/mol. The van der Waals surface area contributed by atoms with Crippen LogP contribution >= 0.6 is 15.9 Å². The van der Waals surface area contributed by atoms with Crippen molar-refractivity contribution in [3.8, 4) is 0 Å². The van der Waals surface area contributed by atoms with Crippen LogP contribution in [-0.2, 0) is 11.3 Å². The van der Waals surface area contributed by atoms with Crippen molar-refractivity contribution < 1.29 is 9.53 Å². The fourth-order valence-electron chi connectivity index (χ4n) is 1.59. The standard InChI is InChI=1S/C11H11BrN2O2/c1-7-3-11-13-9(6-16-2)10(5-15)14(11)4-8(7)12/h3-5H,6H2,1-2H3. The first-order chi connectivity index (χ1) is 7.67. The number of carbonyl (C=O) groups excluding carboxylic acids is 1. The molecule has 0 atom stereocenters. The second-order valence-electron chi connectivity index (χ2n) is 3.53. The minimum Gasteiger partial charge on any atom is -0.378 e. The summed E-state index contributed by atoms with van der Waals surface area (Å²) in [7, 11) is 1.58. The summed E-state index contributed by atoms with van der Waals surface area (Å²) in [6, 6.07) is 1.93. The van der Waals surface area contributed by atoms with Gasteiger partial charge in [-0.1, -0.05) is 0 Å². The molecule has 2 heterocycles. The van der Waals surface area contributed by atoms with Crippen LogP contribution < -0.4 is 0 Å². The average molecular weight is 283 g/mol. The number of aldehydes is 1. The molecule has 0 saturated carbocycles. The lowest BCUT2D eigenvalue weighted by molar-refractivity contribution is 0.111. The number of hydrogen-bond donors (Lipinski definition) is 0. The molecule has 16 heavy (non-hydrogen) atoms. The van der Waals surface area contributed by atoms with Gasteiger partial charge in [-0.15, -0.1) is 0 Å². The Balaban J connectivity index is 2.72. The number of hydrogen-bond acceptors (Lipinski definition) is 3. The highest BCUT2D eigenvalue weighted by Gasteiger charge is 2.12.